The van der Waals surface area contributed by atoms with Crippen LogP contribution < -0.4 is 5.14 Å². The second-order valence-electron chi connectivity index (χ2n) is 5.90. The second-order valence-corrected chi connectivity index (χ2v) is 9.01. The molecule has 0 radical (unpaired) electrons. The number of nitrogens with two attached hydrogens (primary N) is 1. The fourth-order valence-corrected chi connectivity index (χ4v) is 4.13. The summed E-state index contributed by atoms with van der Waals surface area (Å²) in [6.07, 6.45) is 1.03. The van der Waals surface area contributed by atoms with Gasteiger partial charge in [-0.15, -0.1) is 11.8 Å². The molecule has 2 aromatic rings. The third-order valence-corrected chi connectivity index (χ3v) is 6.63. The van der Waals surface area contributed by atoms with Gasteiger partial charge in [-0.1, -0.05) is 35.9 Å². The summed E-state index contributed by atoms with van der Waals surface area (Å²) in [5.74, 6) is 0.991. The molecule has 0 aliphatic heterocycles. The highest BCUT2D eigenvalue weighted by atomic mass is 35.5. The molecular formula is C18H23ClN2O2S2. The van der Waals surface area contributed by atoms with Crippen LogP contribution in [0, 0.1) is 0 Å². The quantitative estimate of drug-likeness (QED) is 0.535. The van der Waals surface area contributed by atoms with E-state index >= 15 is 0 Å². The number of halogens is 1. The summed E-state index contributed by atoms with van der Waals surface area (Å²) < 4.78 is 22.6. The fourth-order valence-electron chi connectivity index (χ4n) is 2.44. The molecule has 1 atom stereocenters. The van der Waals surface area contributed by atoms with E-state index in [1.807, 2.05) is 36.4 Å². The highest BCUT2D eigenvalue weighted by Crippen LogP contribution is 2.27. The molecule has 0 unspecified atom stereocenters. The van der Waals surface area contributed by atoms with Gasteiger partial charge in [0.2, 0.25) is 10.0 Å². The zero-order chi connectivity index (χ0) is 18.4. The molecule has 0 amide bonds. The smallest absolute Gasteiger partial charge is 0.238 e. The van der Waals surface area contributed by atoms with E-state index < -0.39 is 10.0 Å². The topological polar surface area (TPSA) is 63.4 Å². The summed E-state index contributed by atoms with van der Waals surface area (Å²) in [7, 11) is -1.57. The Labute approximate surface area is 159 Å². The molecule has 0 saturated heterocycles. The highest BCUT2D eigenvalue weighted by Gasteiger charge is 2.13. The molecule has 0 bridgehead atoms. The molecular weight excluding hydrogens is 376 g/mol. The monoisotopic (exact) mass is 398 g/mol. The molecule has 0 aromatic heterocycles. The van der Waals surface area contributed by atoms with E-state index in [9.17, 15) is 8.42 Å². The van der Waals surface area contributed by atoms with Gasteiger partial charge in [0, 0.05) is 10.9 Å². The van der Waals surface area contributed by atoms with Crippen LogP contribution in [-0.4, -0.2) is 32.7 Å². The molecule has 0 aliphatic rings. The first kappa shape index (κ1) is 20.3. The molecule has 2 rings (SSSR count). The van der Waals surface area contributed by atoms with Crippen LogP contribution in [0.25, 0.3) is 0 Å². The number of hydrogen-bond acceptors (Lipinski definition) is 4. The normalized spacial score (nSPS) is 13.2. The van der Waals surface area contributed by atoms with Crippen LogP contribution in [0.3, 0.4) is 0 Å². The minimum Gasteiger partial charge on any atom is -0.300 e. The number of sulfonamides is 1. The first-order valence-electron chi connectivity index (χ1n) is 7.99. The lowest BCUT2D eigenvalue weighted by Gasteiger charge is -2.25. The SMILES string of the molecule is C[C@@H](c1ccc(S(N)(=O)=O)cc1)N(C)CCCSc1ccccc1Cl. The van der Waals surface area contributed by atoms with Gasteiger partial charge in [0.1, 0.15) is 0 Å². The van der Waals surface area contributed by atoms with Crippen LogP contribution in [0.4, 0.5) is 0 Å². The molecule has 2 aromatic carbocycles. The molecule has 0 heterocycles. The van der Waals surface area contributed by atoms with Gasteiger partial charge in [0.15, 0.2) is 0 Å². The standard InChI is InChI=1S/C18H23ClN2O2S2/c1-14(15-8-10-16(11-9-15)25(20,22)23)21(2)12-5-13-24-18-7-4-3-6-17(18)19/h3-4,6-11,14H,5,12-13H2,1-2H3,(H2,20,22,23)/t14-/m0/s1. The molecule has 7 heteroatoms. The molecule has 0 spiro atoms. The van der Waals surface area contributed by atoms with Crippen molar-refractivity contribution in [3.05, 3.63) is 59.1 Å². The average molecular weight is 399 g/mol. The van der Waals surface area contributed by atoms with Crippen molar-refractivity contribution in [3.8, 4) is 0 Å². The van der Waals surface area contributed by atoms with E-state index in [4.69, 9.17) is 16.7 Å². The first-order valence-corrected chi connectivity index (χ1v) is 10.9. The van der Waals surface area contributed by atoms with Crippen molar-refractivity contribution in [1.29, 1.82) is 0 Å². The first-order chi connectivity index (χ1) is 11.8. The van der Waals surface area contributed by atoms with Crippen LogP contribution in [0.5, 0.6) is 0 Å². The summed E-state index contributed by atoms with van der Waals surface area (Å²) in [6.45, 7) is 3.04. The van der Waals surface area contributed by atoms with Gasteiger partial charge in [-0.2, -0.15) is 0 Å². The molecule has 25 heavy (non-hydrogen) atoms. The van der Waals surface area contributed by atoms with Gasteiger partial charge in [-0.25, -0.2) is 13.6 Å². The highest BCUT2D eigenvalue weighted by molar-refractivity contribution is 7.99. The molecule has 0 saturated carbocycles. The van der Waals surface area contributed by atoms with Crippen molar-refractivity contribution in [2.24, 2.45) is 5.14 Å². The summed E-state index contributed by atoms with van der Waals surface area (Å²) in [5, 5.41) is 5.93. The van der Waals surface area contributed by atoms with Crippen LogP contribution >= 0.6 is 23.4 Å². The van der Waals surface area contributed by atoms with Crippen LogP contribution in [0.15, 0.2) is 58.3 Å². The van der Waals surface area contributed by atoms with Crippen LogP contribution in [0.1, 0.15) is 24.9 Å². The number of primary sulfonamides is 1. The zero-order valence-electron chi connectivity index (χ0n) is 14.4. The third-order valence-electron chi connectivity index (χ3n) is 4.10. The maximum atomic E-state index is 11.3. The van der Waals surface area contributed by atoms with E-state index in [1.54, 1.807) is 23.9 Å². The zero-order valence-corrected chi connectivity index (χ0v) is 16.7. The maximum absolute atomic E-state index is 11.3. The average Bonchev–Trinajstić information content (AvgIpc) is 2.58. The Kier molecular flexibility index (Phi) is 7.34. The minimum atomic E-state index is -3.64. The van der Waals surface area contributed by atoms with Crippen molar-refractivity contribution in [2.45, 2.75) is 29.2 Å². The molecule has 4 nitrogen and oxygen atoms in total. The lowest BCUT2D eigenvalue weighted by Crippen LogP contribution is -2.24. The Morgan fingerprint density at radius 2 is 1.80 bits per heavy atom. The summed E-state index contributed by atoms with van der Waals surface area (Å²) >= 11 is 7.92. The summed E-state index contributed by atoms with van der Waals surface area (Å²) in [4.78, 5) is 3.50. The number of benzene rings is 2. The predicted molar refractivity (Wildman–Crippen MR) is 106 cm³/mol. The fraction of sp³-hybridized carbons (Fsp3) is 0.333. The number of thioether (sulfide) groups is 1. The van der Waals surface area contributed by atoms with Crippen molar-refractivity contribution >= 4 is 33.4 Å². The van der Waals surface area contributed by atoms with Gasteiger partial charge in [0.05, 0.1) is 9.92 Å². The largest absolute Gasteiger partial charge is 0.300 e. The Balaban J connectivity index is 1.84. The number of hydrogen-bond donors (Lipinski definition) is 1. The molecule has 2 N–H and O–H groups in total. The summed E-state index contributed by atoms with van der Waals surface area (Å²) in [6, 6.07) is 14.8. The summed E-state index contributed by atoms with van der Waals surface area (Å²) in [5.41, 5.74) is 1.06. The number of nitrogens with zero attached hydrogens (tertiary/aromatic N) is 1. The Morgan fingerprint density at radius 1 is 1.16 bits per heavy atom. The van der Waals surface area contributed by atoms with Crippen LogP contribution in [-0.2, 0) is 10.0 Å². The second kappa shape index (κ2) is 9.05. The Hall–Kier alpha value is -1.05. The minimum absolute atomic E-state index is 0.141. The van der Waals surface area contributed by atoms with Crippen molar-refractivity contribution in [1.82, 2.24) is 4.90 Å². The Bertz CT molecular complexity index is 795. The van der Waals surface area contributed by atoms with E-state index in [-0.39, 0.29) is 10.9 Å². The van der Waals surface area contributed by atoms with E-state index in [0.717, 1.165) is 34.2 Å². The lowest BCUT2D eigenvalue weighted by molar-refractivity contribution is 0.263. The molecule has 136 valence electrons. The van der Waals surface area contributed by atoms with Gasteiger partial charge in [-0.3, -0.25) is 4.90 Å². The number of rotatable bonds is 8. The Morgan fingerprint density at radius 3 is 2.40 bits per heavy atom. The lowest BCUT2D eigenvalue weighted by atomic mass is 10.1. The predicted octanol–water partition coefficient (Wildman–Crippen LogP) is 4.16. The van der Waals surface area contributed by atoms with Crippen molar-refractivity contribution < 1.29 is 8.42 Å². The molecule has 0 fully saturated rings. The van der Waals surface area contributed by atoms with Gasteiger partial charge in [0.25, 0.3) is 0 Å². The van der Waals surface area contributed by atoms with E-state index in [2.05, 4.69) is 18.9 Å². The van der Waals surface area contributed by atoms with Gasteiger partial charge in [-0.05, 0) is 62.5 Å². The molecule has 0 aliphatic carbocycles. The maximum Gasteiger partial charge on any atom is 0.238 e. The van der Waals surface area contributed by atoms with E-state index in [0.29, 0.717) is 0 Å². The van der Waals surface area contributed by atoms with Crippen molar-refractivity contribution in [2.75, 3.05) is 19.3 Å². The third kappa shape index (κ3) is 6.01. The van der Waals surface area contributed by atoms with Crippen LogP contribution in [0.2, 0.25) is 5.02 Å². The van der Waals surface area contributed by atoms with Crippen molar-refractivity contribution in [3.63, 3.8) is 0 Å². The van der Waals surface area contributed by atoms with Gasteiger partial charge < -0.3 is 0 Å². The van der Waals surface area contributed by atoms with Gasteiger partial charge >= 0.3 is 0 Å². The van der Waals surface area contributed by atoms with E-state index in [1.165, 1.54) is 0 Å².